The lowest BCUT2D eigenvalue weighted by atomic mass is 9.82. The smallest absolute Gasteiger partial charge is 0.297 e. The molecule has 1 heterocycles. The van der Waals surface area contributed by atoms with Crippen molar-refractivity contribution >= 4 is 10.1 Å². The third kappa shape index (κ3) is 3.30. The topological polar surface area (TPSA) is 52.6 Å². The zero-order valence-electron chi connectivity index (χ0n) is 12.4. The second kappa shape index (κ2) is 5.71. The summed E-state index contributed by atoms with van der Waals surface area (Å²) in [6.07, 6.45) is 5.97. The van der Waals surface area contributed by atoms with Crippen LogP contribution in [0.15, 0.2) is 29.2 Å². The van der Waals surface area contributed by atoms with E-state index >= 15 is 0 Å². The molecule has 1 saturated carbocycles. The van der Waals surface area contributed by atoms with E-state index in [1.807, 2.05) is 6.92 Å². The van der Waals surface area contributed by atoms with Crippen LogP contribution in [-0.4, -0.2) is 26.7 Å². The maximum Gasteiger partial charge on any atom is 0.297 e. The average Bonchev–Trinajstić information content (AvgIpc) is 2.82. The molecule has 0 radical (unpaired) electrons. The van der Waals surface area contributed by atoms with Gasteiger partial charge in [0, 0.05) is 6.42 Å². The average molecular weight is 310 g/mol. The molecule has 1 aliphatic carbocycles. The fourth-order valence-corrected chi connectivity index (χ4v) is 4.41. The van der Waals surface area contributed by atoms with Gasteiger partial charge in [0.1, 0.15) is 6.10 Å². The van der Waals surface area contributed by atoms with E-state index in [2.05, 4.69) is 0 Å². The van der Waals surface area contributed by atoms with Crippen molar-refractivity contribution < 1.29 is 17.3 Å². The van der Waals surface area contributed by atoms with Crippen LogP contribution < -0.4 is 0 Å². The summed E-state index contributed by atoms with van der Waals surface area (Å²) in [6.45, 7) is 2.31. The normalized spacial score (nSPS) is 25.3. The number of rotatable bonds is 3. The monoisotopic (exact) mass is 310 g/mol. The largest absolute Gasteiger partial charge is 0.372 e. The second-order valence-electron chi connectivity index (χ2n) is 6.24. The molecule has 1 aliphatic heterocycles. The van der Waals surface area contributed by atoms with Gasteiger partial charge in [-0.1, -0.05) is 37.0 Å². The lowest BCUT2D eigenvalue weighted by molar-refractivity contribution is -0.0255. The van der Waals surface area contributed by atoms with Crippen LogP contribution in [0.5, 0.6) is 0 Å². The second-order valence-corrected chi connectivity index (χ2v) is 7.82. The number of benzene rings is 1. The van der Waals surface area contributed by atoms with Gasteiger partial charge in [0.15, 0.2) is 0 Å². The molecule has 3 rings (SSSR count). The van der Waals surface area contributed by atoms with E-state index in [1.165, 1.54) is 6.42 Å². The molecule has 1 aromatic carbocycles. The van der Waals surface area contributed by atoms with Crippen molar-refractivity contribution in [2.75, 3.05) is 6.61 Å². The molecule has 1 spiro atoms. The Hall–Kier alpha value is -0.910. The minimum Gasteiger partial charge on any atom is -0.372 e. The van der Waals surface area contributed by atoms with Crippen LogP contribution in [0.25, 0.3) is 0 Å². The maximum absolute atomic E-state index is 12.3. The Morgan fingerprint density at radius 1 is 1.14 bits per heavy atom. The fraction of sp³-hybridized carbons (Fsp3) is 0.625. The third-order valence-corrected chi connectivity index (χ3v) is 5.89. The van der Waals surface area contributed by atoms with Gasteiger partial charge in [-0.05, 0) is 31.9 Å². The fourth-order valence-electron chi connectivity index (χ4n) is 3.35. The van der Waals surface area contributed by atoms with Gasteiger partial charge in [0.2, 0.25) is 0 Å². The molecule has 0 amide bonds. The zero-order chi connectivity index (χ0) is 14.9. The van der Waals surface area contributed by atoms with Crippen LogP contribution in [0, 0.1) is 6.92 Å². The molecule has 1 aromatic rings. The van der Waals surface area contributed by atoms with E-state index < -0.39 is 10.1 Å². The van der Waals surface area contributed by atoms with E-state index in [0.717, 1.165) is 31.2 Å². The number of ether oxygens (including phenoxy) is 1. The van der Waals surface area contributed by atoms with E-state index in [9.17, 15) is 8.42 Å². The standard InChI is InChI=1S/C16H22O4S/c1-13-5-7-15(8-6-13)21(17,18)20-14-11-16(19-12-14)9-3-2-4-10-16/h5-8,14H,2-4,9-12H2,1H3. The zero-order valence-corrected chi connectivity index (χ0v) is 13.2. The van der Waals surface area contributed by atoms with Crippen molar-refractivity contribution in [2.24, 2.45) is 0 Å². The molecule has 21 heavy (non-hydrogen) atoms. The molecule has 5 heteroatoms. The van der Waals surface area contributed by atoms with E-state index in [-0.39, 0.29) is 16.6 Å². The van der Waals surface area contributed by atoms with Crippen molar-refractivity contribution in [3.8, 4) is 0 Å². The summed E-state index contributed by atoms with van der Waals surface area (Å²) < 4.78 is 35.9. The Balaban J connectivity index is 1.68. The van der Waals surface area contributed by atoms with Crippen LogP contribution in [0.1, 0.15) is 44.1 Å². The van der Waals surface area contributed by atoms with Crippen LogP contribution in [0.2, 0.25) is 0 Å². The summed E-state index contributed by atoms with van der Waals surface area (Å²) in [5.41, 5.74) is 0.894. The van der Waals surface area contributed by atoms with Gasteiger partial charge < -0.3 is 4.74 Å². The molecule has 0 bridgehead atoms. The van der Waals surface area contributed by atoms with E-state index in [4.69, 9.17) is 8.92 Å². The molecule has 0 N–H and O–H groups in total. The lowest BCUT2D eigenvalue weighted by Crippen LogP contribution is -2.31. The van der Waals surface area contributed by atoms with Gasteiger partial charge in [-0.15, -0.1) is 0 Å². The van der Waals surface area contributed by atoms with Crippen LogP contribution in [0.4, 0.5) is 0 Å². The summed E-state index contributed by atoms with van der Waals surface area (Å²) >= 11 is 0. The predicted molar refractivity (Wildman–Crippen MR) is 79.6 cm³/mol. The van der Waals surface area contributed by atoms with E-state index in [0.29, 0.717) is 13.0 Å². The highest BCUT2D eigenvalue weighted by Gasteiger charge is 2.43. The lowest BCUT2D eigenvalue weighted by Gasteiger charge is -2.32. The molecule has 4 nitrogen and oxygen atoms in total. The van der Waals surface area contributed by atoms with Crippen molar-refractivity contribution in [2.45, 2.75) is 62.0 Å². The molecule has 2 aliphatic rings. The SMILES string of the molecule is Cc1ccc(S(=O)(=O)OC2COC3(CCCCC3)C2)cc1. The first-order valence-corrected chi connectivity index (χ1v) is 9.04. The minimum atomic E-state index is -3.70. The van der Waals surface area contributed by atoms with Crippen molar-refractivity contribution in [1.82, 2.24) is 0 Å². The Morgan fingerprint density at radius 3 is 2.48 bits per heavy atom. The molecule has 2 fully saturated rings. The van der Waals surface area contributed by atoms with Crippen molar-refractivity contribution in [1.29, 1.82) is 0 Å². The minimum absolute atomic E-state index is 0.133. The highest BCUT2D eigenvalue weighted by atomic mass is 32.2. The predicted octanol–water partition coefficient (Wildman–Crippen LogP) is 3.19. The van der Waals surface area contributed by atoms with Crippen molar-refractivity contribution in [3.63, 3.8) is 0 Å². The first-order valence-electron chi connectivity index (χ1n) is 7.63. The van der Waals surface area contributed by atoms with Gasteiger partial charge in [-0.3, -0.25) is 4.18 Å². The van der Waals surface area contributed by atoms with Crippen LogP contribution >= 0.6 is 0 Å². The van der Waals surface area contributed by atoms with E-state index in [1.54, 1.807) is 24.3 Å². The van der Waals surface area contributed by atoms with Crippen LogP contribution in [-0.2, 0) is 19.0 Å². The summed E-state index contributed by atoms with van der Waals surface area (Å²) in [4.78, 5) is 0.220. The molecule has 1 unspecified atom stereocenters. The number of aryl methyl sites for hydroxylation is 1. The molecule has 0 aromatic heterocycles. The molecule has 1 atom stereocenters. The molecular weight excluding hydrogens is 288 g/mol. The molecule has 1 saturated heterocycles. The quantitative estimate of drug-likeness (QED) is 0.805. The maximum atomic E-state index is 12.3. The summed E-state index contributed by atoms with van der Waals surface area (Å²) in [5, 5.41) is 0. The highest BCUT2D eigenvalue weighted by Crippen LogP contribution is 2.40. The number of hydrogen-bond donors (Lipinski definition) is 0. The Morgan fingerprint density at radius 2 is 1.81 bits per heavy atom. The molecular formula is C16H22O4S. The van der Waals surface area contributed by atoms with Gasteiger partial charge in [-0.2, -0.15) is 8.42 Å². The van der Waals surface area contributed by atoms with Gasteiger partial charge in [0.05, 0.1) is 17.1 Å². The summed E-state index contributed by atoms with van der Waals surface area (Å²) in [7, 11) is -3.70. The summed E-state index contributed by atoms with van der Waals surface area (Å²) in [6, 6.07) is 6.75. The first-order chi connectivity index (χ1) is 9.99. The van der Waals surface area contributed by atoms with Gasteiger partial charge in [-0.25, -0.2) is 0 Å². The highest BCUT2D eigenvalue weighted by molar-refractivity contribution is 7.86. The van der Waals surface area contributed by atoms with Gasteiger partial charge >= 0.3 is 0 Å². The van der Waals surface area contributed by atoms with Crippen molar-refractivity contribution in [3.05, 3.63) is 29.8 Å². The van der Waals surface area contributed by atoms with Crippen LogP contribution in [0.3, 0.4) is 0 Å². The van der Waals surface area contributed by atoms with Gasteiger partial charge in [0.25, 0.3) is 10.1 Å². The third-order valence-electron chi connectivity index (χ3n) is 4.51. The Bertz CT molecular complexity index is 585. The molecule has 116 valence electrons. The Kier molecular flexibility index (Phi) is 4.08. The number of hydrogen-bond acceptors (Lipinski definition) is 4. The summed E-state index contributed by atoms with van der Waals surface area (Å²) in [5.74, 6) is 0. The first kappa shape index (κ1) is 15.0. The Labute approximate surface area is 126 Å².